The third-order valence-corrected chi connectivity index (χ3v) is 4.83. The number of benzene rings is 1. The van der Waals surface area contributed by atoms with Crippen molar-refractivity contribution in [2.45, 2.75) is 30.7 Å². The van der Waals surface area contributed by atoms with Crippen molar-refractivity contribution in [2.75, 3.05) is 6.61 Å². The van der Waals surface area contributed by atoms with Crippen molar-refractivity contribution in [3.63, 3.8) is 0 Å². The standard InChI is InChI=1S/C14H16BrNO9S/c15-6-1-2-8-7(3-6)9(4-16-8)24-14-13(19)12(18)11(17)10(25-14)5-23-26(20,21)22/h1-4,10-14,16-19H,5H2,(H,20,21,22). The predicted octanol–water partition coefficient (Wildman–Crippen LogP) is -0.0638. The molecule has 1 fully saturated rings. The van der Waals surface area contributed by atoms with Gasteiger partial charge in [-0.1, -0.05) is 15.9 Å². The molecule has 1 aliphatic heterocycles. The first kappa shape index (κ1) is 19.5. The van der Waals surface area contributed by atoms with Crippen molar-refractivity contribution in [1.29, 1.82) is 0 Å². The number of hydrogen-bond acceptors (Lipinski definition) is 8. The smallest absolute Gasteiger partial charge is 0.397 e. The summed E-state index contributed by atoms with van der Waals surface area (Å²) in [5.41, 5.74) is 0.750. The van der Waals surface area contributed by atoms with Crippen molar-refractivity contribution in [1.82, 2.24) is 4.98 Å². The number of aliphatic hydroxyl groups is 3. The summed E-state index contributed by atoms with van der Waals surface area (Å²) in [6, 6.07) is 5.38. The lowest BCUT2D eigenvalue weighted by Crippen LogP contribution is -2.60. The lowest BCUT2D eigenvalue weighted by Gasteiger charge is -2.39. The predicted molar refractivity (Wildman–Crippen MR) is 90.8 cm³/mol. The average molecular weight is 454 g/mol. The molecule has 0 amide bonds. The van der Waals surface area contributed by atoms with E-state index in [9.17, 15) is 23.7 Å². The summed E-state index contributed by atoms with van der Waals surface area (Å²) in [7, 11) is -4.77. The SMILES string of the molecule is O=S(=O)(O)OCC1OC(Oc2c[nH]c3ccc(Br)cc23)C(O)C(O)C1O. The lowest BCUT2D eigenvalue weighted by atomic mass is 9.99. The molecule has 2 heterocycles. The van der Waals surface area contributed by atoms with Crippen LogP contribution in [0.5, 0.6) is 5.75 Å². The van der Waals surface area contributed by atoms with Gasteiger partial charge in [-0.3, -0.25) is 4.55 Å². The zero-order valence-electron chi connectivity index (χ0n) is 13.0. The van der Waals surface area contributed by atoms with E-state index in [1.807, 2.05) is 6.07 Å². The van der Waals surface area contributed by atoms with Crippen LogP contribution in [0.2, 0.25) is 0 Å². The van der Waals surface area contributed by atoms with Crippen LogP contribution in [0.25, 0.3) is 10.9 Å². The second-order valence-corrected chi connectivity index (χ2v) is 7.69. The van der Waals surface area contributed by atoms with E-state index < -0.39 is 47.7 Å². The molecule has 1 aliphatic rings. The highest BCUT2D eigenvalue weighted by molar-refractivity contribution is 9.10. The second kappa shape index (κ2) is 7.40. The topological polar surface area (TPSA) is 159 Å². The van der Waals surface area contributed by atoms with E-state index in [-0.39, 0.29) is 0 Å². The molecule has 0 bridgehead atoms. The Hall–Kier alpha value is -1.25. The molecular weight excluding hydrogens is 438 g/mol. The number of aromatic nitrogens is 1. The van der Waals surface area contributed by atoms with Crippen LogP contribution >= 0.6 is 15.9 Å². The van der Waals surface area contributed by atoms with Gasteiger partial charge in [0.25, 0.3) is 0 Å². The van der Waals surface area contributed by atoms with Gasteiger partial charge in [-0.15, -0.1) is 0 Å². The maximum atomic E-state index is 10.7. The first-order chi connectivity index (χ1) is 12.2. The van der Waals surface area contributed by atoms with Gasteiger partial charge in [0.2, 0.25) is 6.29 Å². The fourth-order valence-corrected chi connectivity index (χ4v) is 3.26. The molecule has 26 heavy (non-hydrogen) atoms. The van der Waals surface area contributed by atoms with Crippen LogP contribution < -0.4 is 4.74 Å². The molecule has 5 atom stereocenters. The minimum atomic E-state index is -4.77. The fourth-order valence-electron chi connectivity index (χ4n) is 2.59. The number of ether oxygens (including phenoxy) is 2. The molecule has 1 aromatic heterocycles. The van der Waals surface area contributed by atoms with Crippen LogP contribution in [0.3, 0.4) is 0 Å². The lowest BCUT2D eigenvalue weighted by molar-refractivity contribution is -0.276. The summed E-state index contributed by atoms with van der Waals surface area (Å²) in [4.78, 5) is 2.96. The monoisotopic (exact) mass is 453 g/mol. The van der Waals surface area contributed by atoms with Crippen molar-refractivity contribution >= 4 is 37.2 Å². The van der Waals surface area contributed by atoms with Gasteiger partial charge < -0.3 is 29.8 Å². The van der Waals surface area contributed by atoms with Crippen molar-refractivity contribution in [2.24, 2.45) is 0 Å². The number of halogens is 1. The normalized spacial score (nSPS) is 29.8. The number of aliphatic hydroxyl groups excluding tert-OH is 3. The van der Waals surface area contributed by atoms with Gasteiger partial charge in [-0.25, -0.2) is 4.18 Å². The summed E-state index contributed by atoms with van der Waals surface area (Å²) >= 11 is 3.33. The quantitative estimate of drug-likeness (QED) is 0.390. The van der Waals surface area contributed by atoms with Crippen LogP contribution in [0.4, 0.5) is 0 Å². The molecule has 0 aliphatic carbocycles. The number of aromatic amines is 1. The van der Waals surface area contributed by atoms with Crippen LogP contribution in [-0.4, -0.2) is 70.6 Å². The van der Waals surface area contributed by atoms with E-state index >= 15 is 0 Å². The Labute approximate surface area is 156 Å². The van der Waals surface area contributed by atoms with E-state index in [2.05, 4.69) is 25.1 Å². The minimum absolute atomic E-state index is 0.309. The molecule has 0 spiro atoms. The van der Waals surface area contributed by atoms with Gasteiger partial charge in [0, 0.05) is 21.6 Å². The van der Waals surface area contributed by atoms with Gasteiger partial charge in [-0.05, 0) is 18.2 Å². The second-order valence-electron chi connectivity index (χ2n) is 5.69. The number of fused-ring (bicyclic) bond motifs is 1. The number of rotatable bonds is 5. The van der Waals surface area contributed by atoms with Crippen molar-refractivity contribution < 1.29 is 41.9 Å². The molecule has 0 saturated carbocycles. The maximum Gasteiger partial charge on any atom is 0.397 e. The largest absolute Gasteiger partial charge is 0.460 e. The molecule has 2 aromatic rings. The minimum Gasteiger partial charge on any atom is -0.460 e. The summed E-state index contributed by atoms with van der Waals surface area (Å²) in [6.07, 6.45) is -6.19. The summed E-state index contributed by atoms with van der Waals surface area (Å²) in [6.45, 7) is -0.775. The molecule has 1 aromatic carbocycles. The highest BCUT2D eigenvalue weighted by atomic mass is 79.9. The number of hydrogen-bond donors (Lipinski definition) is 5. The first-order valence-corrected chi connectivity index (χ1v) is 9.56. The van der Waals surface area contributed by atoms with Crippen LogP contribution in [0, 0.1) is 0 Å². The summed E-state index contributed by atoms with van der Waals surface area (Å²) < 4.78 is 45.9. The fraction of sp³-hybridized carbons (Fsp3) is 0.429. The zero-order valence-corrected chi connectivity index (χ0v) is 15.4. The van der Waals surface area contributed by atoms with Crippen LogP contribution in [-0.2, 0) is 19.3 Å². The van der Waals surface area contributed by atoms with Gasteiger partial charge in [0.15, 0.2) is 0 Å². The molecule has 144 valence electrons. The van der Waals surface area contributed by atoms with E-state index in [0.717, 1.165) is 9.99 Å². The Morgan fingerprint density at radius 3 is 2.62 bits per heavy atom. The Kier molecular flexibility index (Phi) is 5.55. The zero-order chi connectivity index (χ0) is 19.1. The molecule has 10 nitrogen and oxygen atoms in total. The molecule has 12 heteroatoms. The molecule has 5 unspecified atom stereocenters. The van der Waals surface area contributed by atoms with Crippen molar-refractivity contribution in [3.05, 3.63) is 28.9 Å². The third-order valence-electron chi connectivity index (χ3n) is 3.90. The van der Waals surface area contributed by atoms with E-state index in [1.165, 1.54) is 6.20 Å². The highest BCUT2D eigenvalue weighted by Gasteiger charge is 2.45. The first-order valence-electron chi connectivity index (χ1n) is 7.40. The summed E-state index contributed by atoms with van der Waals surface area (Å²) in [5, 5.41) is 30.6. The Morgan fingerprint density at radius 1 is 1.19 bits per heavy atom. The third kappa shape index (κ3) is 4.18. The van der Waals surface area contributed by atoms with Gasteiger partial charge in [0.1, 0.15) is 30.2 Å². The number of H-pyrrole nitrogens is 1. The Morgan fingerprint density at radius 2 is 1.92 bits per heavy atom. The molecule has 0 radical (unpaired) electrons. The van der Waals surface area contributed by atoms with Gasteiger partial charge in [-0.2, -0.15) is 8.42 Å². The van der Waals surface area contributed by atoms with Crippen LogP contribution in [0.1, 0.15) is 0 Å². The highest BCUT2D eigenvalue weighted by Crippen LogP contribution is 2.31. The molecule has 1 saturated heterocycles. The Bertz CT molecular complexity index is 886. The number of nitrogens with one attached hydrogen (secondary N) is 1. The van der Waals surface area contributed by atoms with Crippen LogP contribution in [0.15, 0.2) is 28.9 Å². The maximum absolute atomic E-state index is 10.7. The molecular formula is C14H16BrNO9S. The molecule has 3 rings (SSSR count). The molecule has 5 N–H and O–H groups in total. The average Bonchev–Trinajstić information content (AvgIpc) is 2.95. The van der Waals surface area contributed by atoms with E-state index in [0.29, 0.717) is 11.1 Å². The van der Waals surface area contributed by atoms with Crippen molar-refractivity contribution in [3.8, 4) is 5.75 Å². The Balaban J connectivity index is 1.80. The van der Waals surface area contributed by atoms with E-state index in [1.54, 1.807) is 12.1 Å². The van der Waals surface area contributed by atoms with Gasteiger partial charge >= 0.3 is 10.4 Å². The van der Waals surface area contributed by atoms with Gasteiger partial charge in [0.05, 0.1) is 6.61 Å². The summed E-state index contributed by atoms with van der Waals surface area (Å²) in [5.74, 6) is 0.309. The van der Waals surface area contributed by atoms with E-state index in [4.69, 9.17) is 14.0 Å².